The number of para-hydroxylation sites is 1. The number of anilines is 1. The Kier molecular flexibility index (Phi) is 5.18. The maximum atomic E-state index is 13.1. The summed E-state index contributed by atoms with van der Waals surface area (Å²) in [5.41, 5.74) is 1.89. The molecule has 1 amide bonds. The number of nitrogens with one attached hydrogen (secondary N) is 1. The minimum absolute atomic E-state index is 0.164. The number of nitrogens with zero attached hydrogens (tertiary/aromatic N) is 3. The Morgan fingerprint density at radius 3 is 2.64 bits per heavy atom. The third kappa shape index (κ3) is 3.95. The first-order valence-electron chi connectivity index (χ1n) is 8.94. The highest BCUT2D eigenvalue weighted by Gasteiger charge is 2.26. The van der Waals surface area contributed by atoms with Crippen molar-refractivity contribution in [1.29, 1.82) is 0 Å². The van der Waals surface area contributed by atoms with Crippen LogP contribution in [0.4, 0.5) is 5.82 Å². The second-order valence-corrected chi connectivity index (χ2v) is 7.73. The number of aryl methyl sites for hydroxylation is 1. The van der Waals surface area contributed by atoms with Crippen LogP contribution in [0.15, 0.2) is 65.2 Å². The number of benzene rings is 2. The van der Waals surface area contributed by atoms with Crippen LogP contribution in [0, 0.1) is 6.92 Å². The molecule has 2 aromatic heterocycles. The third-order valence-corrected chi connectivity index (χ3v) is 5.43. The number of hydrogen-bond donors (Lipinski definition) is 1. The van der Waals surface area contributed by atoms with Gasteiger partial charge in [0, 0.05) is 6.07 Å². The number of likely N-dealkylation sites (N-methyl/N-ethyl adjacent to an activating group) is 1. The highest BCUT2D eigenvalue weighted by atomic mass is 32.1. The largest absolute Gasteiger partial charge is 0.360 e. The molecule has 0 fully saturated rings. The molecule has 2 heterocycles. The van der Waals surface area contributed by atoms with E-state index in [0.717, 1.165) is 20.8 Å². The lowest BCUT2D eigenvalue weighted by molar-refractivity contribution is -0.121. The van der Waals surface area contributed by atoms with Gasteiger partial charge in [-0.25, -0.2) is 4.98 Å². The van der Waals surface area contributed by atoms with Crippen molar-refractivity contribution in [1.82, 2.24) is 15.0 Å². The molecule has 2 aromatic carbocycles. The fourth-order valence-corrected chi connectivity index (χ4v) is 4.18. The van der Waals surface area contributed by atoms with Gasteiger partial charge in [-0.1, -0.05) is 47.6 Å². The molecule has 0 saturated carbocycles. The molecule has 1 atom stereocenters. The van der Waals surface area contributed by atoms with E-state index in [1.54, 1.807) is 24.3 Å². The zero-order chi connectivity index (χ0) is 19.5. The topological polar surface area (TPSA) is 71.3 Å². The fraction of sp³-hybridized carbons (Fsp3) is 0.190. The Hall–Kier alpha value is -3.03. The Balaban J connectivity index is 1.59. The SMILES string of the molecule is Cc1cc(NC(=O)[C@H](c2ccccc2)N(C)Cc2nc3ccccc3s2)no1. The van der Waals surface area contributed by atoms with E-state index >= 15 is 0 Å². The summed E-state index contributed by atoms with van der Waals surface area (Å²) in [5.74, 6) is 0.898. The first-order chi connectivity index (χ1) is 13.6. The summed E-state index contributed by atoms with van der Waals surface area (Å²) in [6.07, 6.45) is 0. The maximum absolute atomic E-state index is 13.1. The van der Waals surface area contributed by atoms with E-state index in [9.17, 15) is 4.79 Å². The molecule has 4 aromatic rings. The number of amides is 1. The molecule has 142 valence electrons. The van der Waals surface area contributed by atoms with Crippen LogP contribution < -0.4 is 5.32 Å². The Morgan fingerprint density at radius 2 is 1.93 bits per heavy atom. The molecular formula is C21H20N4O2S. The van der Waals surface area contributed by atoms with E-state index in [2.05, 4.69) is 16.5 Å². The summed E-state index contributed by atoms with van der Waals surface area (Å²) >= 11 is 1.65. The molecule has 0 aliphatic carbocycles. The van der Waals surface area contributed by atoms with Crippen molar-refractivity contribution >= 4 is 33.3 Å². The minimum atomic E-state index is -0.481. The molecular weight excluding hydrogens is 372 g/mol. The number of carbonyl (C=O) groups excluding carboxylic acids is 1. The van der Waals surface area contributed by atoms with Crippen molar-refractivity contribution in [3.05, 3.63) is 77.0 Å². The number of aromatic nitrogens is 2. The number of carbonyl (C=O) groups is 1. The zero-order valence-electron chi connectivity index (χ0n) is 15.6. The van der Waals surface area contributed by atoms with Crippen molar-refractivity contribution in [2.45, 2.75) is 19.5 Å². The van der Waals surface area contributed by atoms with Gasteiger partial charge in [-0.05, 0) is 31.7 Å². The first kappa shape index (κ1) is 18.3. The Morgan fingerprint density at radius 1 is 1.18 bits per heavy atom. The second-order valence-electron chi connectivity index (χ2n) is 6.62. The van der Waals surface area contributed by atoms with E-state index < -0.39 is 6.04 Å². The van der Waals surface area contributed by atoms with Crippen molar-refractivity contribution in [3.63, 3.8) is 0 Å². The molecule has 7 heteroatoms. The predicted octanol–water partition coefficient (Wildman–Crippen LogP) is 4.40. The average molecular weight is 392 g/mol. The Labute approximate surface area is 166 Å². The van der Waals surface area contributed by atoms with E-state index in [-0.39, 0.29) is 5.91 Å². The molecule has 4 rings (SSSR count). The minimum Gasteiger partial charge on any atom is -0.360 e. The van der Waals surface area contributed by atoms with Gasteiger partial charge in [-0.2, -0.15) is 0 Å². The van der Waals surface area contributed by atoms with Crippen LogP contribution in [0.2, 0.25) is 0 Å². The molecule has 1 N–H and O–H groups in total. The standard InChI is InChI=1S/C21H20N4O2S/c1-14-12-18(24-27-14)23-21(26)20(15-8-4-3-5-9-15)25(2)13-19-22-16-10-6-7-11-17(16)28-19/h3-12,20H,13H2,1-2H3,(H,23,24,26)/t20-/m0/s1. The summed E-state index contributed by atoms with van der Waals surface area (Å²) < 4.78 is 6.20. The van der Waals surface area contributed by atoms with Crippen molar-refractivity contribution < 1.29 is 9.32 Å². The molecule has 6 nitrogen and oxygen atoms in total. The van der Waals surface area contributed by atoms with Gasteiger partial charge in [0.2, 0.25) is 5.91 Å². The molecule has 0 radical (unpaired) electrons. The van der Waals surface area contributed by atoms with Crippen molar-refractivity contribution in [2.75, 3.05) is 12.4 Å². The van der Waals surface area contributed by atoms with Crippen LogP contribution in [0.1, 0.15) is 22.4 Å². The van der Waals surface area contributed by atoms with Crippen LogP contribution in [0.25, 0.3) is 10.2 Å². The lowest BCUT2D eigenvalue weighted by atomic mass is 10.0. The normalized spacial score (nSPS) is 12.4. The predicted molar refractivity (Wildman–Crippen MR) is 110 cm³/mol. The molecule has 0 spiro atoms. The molecule has 0 saturated heterocycles. The smallest absolute Gasteiger partial charge is 0.247 e. The number of rotatable bonds is 6. The van der Waals surface area contributed by atoms with Gasteiger partial charge in [0.15, 0.2) is 5.82 Å². The average Bonchev–Trinajstić information content (AvgIpc) is 3.27. The fourth-order valence-electron chi connectivity index (χ4n) is 3.15. The number of thiazole rings is 1. The quantitative estimate of drug-likeness (QED) is 0.526. The van der Waals surface area contributed by atoms with Gasteiger partial charge in [0.25, 0.3) is 0 Å². The summed E-state index contributed by atoms with van der Waals surface area (Å²) in [6.45, 7) is 2.35. The maximum Gasteiger partial charge on any atom is 0.247 e. The van der Waals surface area contributed by atoms with Gasteiger partial charge < -0.3 is 9.84 Å². The van der Waals surface area contributed by atoms with E-state index in [0.29, 0.717) is 18.1 Å². The zero-order valence-corrected chi connectivity index (χ0v) is 16.4. The summed E-state index contributed by atoms with van der Waals surface area (Å²) in [5, 5.41) is 7.69. The van der Waals surface area contributed by atoms with Gasteiger partial charge in [0.1, 0.15) is 16.8 Å². The van der Waals surface area contributed by atoms with Crippen LogP contribution in [-0.4, -0.2) is 28.0 Å². The summed E-state index contributed by atoms with van der Waals surface area (Å²) in [4.78, 5) is 19.8. The number of hydrogen-bond acceptors (Lipinski definition) is 6. The van der Waals surface area contributed by atoms with E-state index in [1.165, 1.54) is 0 Å². The second kappa shape index (κ2) is 7.92. The van der Waals surface area contributed by atoms with Gasteiger partial charge >= 0.3 is 0 Å². The van der Waals surface area contributed by atoms with E-state index in [4.69, 9.17) is 9.51 Å². The monoisotopic (exact) mass is 392 g/mol. The lowest BCUT2D eigenvalue weighted by Gasteiger charge is -2.26. The van der Waals surface area contributed by atoms with Gasteiger partial charge in [-0.3, -0.25) is 9.69 Å². The summed E-state index contributed by atoms with van der Waals surface area (Å²) in [6, 6.07) is 19.0. The number of fused-ring (bicyclic) bond motifs is 1. The van der Waals surface area contributed by atoms with Gasteiger partial charge in [0.05, 0.1) is 16.8 Å². The molecule has 28 heavy (non-hydrogen) atoms. The van der Waals surface area contributed by atoms with Crippen LogP contribution in [0.3, 0.4) is 0 Å². The lowest BCUT2D eigenvalue weighted by Crippen LogP contribution is -2.34. The summed E-state index contributed by atoms with van der Waals surface area (Å²) in [7, 11) is 1.93. The Bertz CT molecular complexity index is 1060. The van der Waals surface area contributed by atoms with Crippen LogP contribution in [-0.2, 0) is 11.3 Å². The van der Waals surface area contributed by atoms with E-state index in [1.807, 2.05) is 60.5 Å². The highest BCUT2D eigenvalue weighted by Crippen LogP contribution is 2.27. The first-order valence-corrected chi connectivity index (χ1v) is 9.75. The molecule has 0 aliphatic heterocycles. The highest BCUT2D eigenvalue weighted by molar-refractivity contribution is 7.18. The molecule has 0 aliphatic rings. The van der Waals surface area contributed by atoms with Gasteiger partial charge in [-0.15, -0.1) is 11.3 Å². The molecule has 0 unspecified atom stereocenters. The third-order valence-electron chi connectivity index (χ3n) is 4.41. The van der Waals surface area contributed by atoms with Crippen molar-refractivity contribution in [2.24, 2.45) is 0 Å². The van der Waals surface area contributed by atoms with Crippen LogP contribution >= 0.6 is 11.3 Å². The van der Waals surface area contributed by atoms with Crippen molar-refractivity contribution in [3.8, 4) is 0 Å². The molecule has 0 bridgehead atoms. The van der Waals surface area contributed by atoms with Crippen LogP contribution in [0.5, 0.6) is 0 Å².